The smallest absolute Gasteiger partial charge is 0.331 e. The third-order valence-corrected chi connectivity index (χ3v) is 5.51. The van der Waals surface area contributed by atoms with E-state index in [-0.39, 0.29) is 5.97 Å². The zero-order chi connectivity index (χ0) is 22.5. The largest absolute Gasteiger partial charge is 0.493 e. The number of oxazole rings is 1. The maximum Gasteiger partial charge on any atom is 0.331 e. The molecule has 0 fully saturated rings. The number of rotatable bonds is 8. The van der Waals surface area contributed by atoms with Crippen LogP contribution in [-0.4, -0.2) is 31.3 Å². The first-order chi connectivity index (χ1) is 15.6. The lowest BCUT2D eigenvalue weighted by atomic mass is 10.1. The van der Waals surface area contributed by atoms with Crippen LogP contribution in [0.1, 0.15) is 35.9 Å². The number of hydrogen-bond acceptors (Lipinski definition) is 6. The molecule has 0 spiro atoms. The number of aromatic nitrogens is 1. The van der Waals surface area contributed by atoms with Crippen LogP contribution in [0.15, 0.2) is 53.0 Å². The molecule has 1 aliphatic carbocycles. The lowest BCUT2D eigenvalue weighted by Crippen LogP contribution is -2.05. The highest BCUT2D eigenvalue weighted by molar-refractivity contribution is 5.93. The number of allylic oxidation sites excluding steroid dienone is 1. The molecule has 2 aromatic carbocycles. The van der Waals surface area contributed by atoms with Gasteiger partial charge in [0.1, 0.15) is 5.76 Å². The summed E-state index contributed by atoms with van der Waals surface area (Å²) >= 11 is 0. The number of esters is 1. The molecule has 0 bridgehead atoms. The SMILES string of the molecule is CCOC(=O)/C=C1\CCc2c1ccc(OCCc1nc(-c3ccccc3)oc1C)c2OC. The fraction of sp³-hybridized carbons (Fsp3) is 0.308. The summed E-state index contributed by atoms with van der Waals surface area (Å²) in [5.41, 5.74) is 4.87. The van der Waals surface area contributed by atoms with Gasteiger partial charge in [-0.25, -0.2) is 9.78 Å². The van der Waals surface area contributed by atoms with Gasteiger partial charge in [-0.15, -0.1) is 0 Å². The Morgan fingerprint density at radius 1 is 1.16 bits per heavy atom. The van der Waals surface area contributed by atoms with Crippen molar-refractivity contribution in [2.24, 2.45) is 0 Å². The number of fused-ring (bicyclic) bond motifs is 1. The molecule has 32 heavy (non-hydrogen) atoms. The maximum absolute atomic E-state index is 11.9. The molecule has 1 heterocycles. The Morgan fingerprint density at radius 2 is 1.97 bits per heavy atom. The molecule has 0 radical (unpaired) electrons. The fourth-order valence-electron chi connectivity index (χ4n) is 3.99. The summed E-state index contributed by atoms with van der Waals surface area (Å²) in [5.74, 6) is 2.51. The number of hydrogen-bond donors (Lipinski definition) is 0. The van der Waals surface area contributed by atoms with E-state index in [1.165, 1.54) is 0 Å². The number of ether oxygens (including phenoxy) is 3. The standard InChI is InChI=1S/C26H27NO5/c1-4-30-24(28)16-19-10-11-21-20(19)12-13-23(25(21)29-3)31-15-14-22-17(2)32-26(27-22)18-8-6-5-7-9-18/h5-9,12-13,16H,4,10-11,14-15H2,1-3H3/b19-16+. The fourth-order valence-corrected chi connectivity index (χ4v) is 3.99. The van der Waals surface area contributed by atoms with Crippen LogP contribution < -0.4 is 9.47 Å². The molecule has 0 saturated heterocycles. The Balaban J connectivity index is 1.46. The van der Waals surface area contributed by atoms with Crippen LogP contribution in [0.25, 0.3) is 17.0 Å². The van der Waals surface area contributed by atoms with Crippen molar-refractivity contribution >= 4 is 11.5 Å². The van der Waals surface area contributed by atoms with Crippen molar-refractivity contribution < 1.29 is 23.4 Å². The van der Waals surface area contributed by atoms with Crippen molar-refractivity contribution in [3.63, 3.8) is 0 Å². The van der Waals surface area contributed by atoms with Crippen LogP contribution >= 0.6 is 0 Å². The first kappa shape index (κ1) is 21.7. The Hall–Kier alpha value is -3.54. The lowest BCUT2D eigenvalue weighted by Gasteiger charge is -2.14. The average Bonchev–Trinajstić information content (AvgIpc) is 3.38. The topological polar surface area (TPSA) is 70.8 Å². The van der Waals surface area contributed by atoms with Gasteiger partial charge in [0.05, 0.1) is 26.0 Å². The van der Waals surface area contributed by atoms with Crippen LogP contribution in [0.3, 0.4) is 0 Å². The van der Waals surface area contributed by atoms with Gasteiger partial charge < -0.3 is 18.6 Å². The van der Waals surface area contributed by atoms with E-state index in [2.05, 4.69) is 4.98 Å². The van der Waals surface area contributed by atoms with Crippen molar-refractivity contribution in [3.05, 3.63) is 71.1 Å². The molecule has 0 aliphatic heterocycles. The van der Waals surface area contributed by atoms with E-state index in [1.807, 2.05) is 49.4 Å². The third kappa shape index (κ3) is 4.54. The van der Waals surface area contributed by atoms with E-state index < -0.39 is 0 Å². The van der Waals surface area contributed by atoms with E-state index in [0.29, 0.717) is 31.3 Å². The van der Waals surface area contributed by atoms with Crippen molar-refractivity contribution in [1.82, 2.24) is 4.98 Å². The van der Waals surface area contributed by atoms with Gasteiger partial charge in [0, 0.05) is 23.6 Å². The van der Waals surface area contributed by atoms with Gasteiger partial charge in [-0.3, -0.25) is 0 Å². The Morgan fingerprint density at radius 3 is 2.72 bits per heavy atom. The van der Waals surface area contributed by atoms with Crippen LogP contribution in [0.5, 0.6) is 11.5 Å². The predicted octanol–water partition coefficient (Wildman–Crippen LogP) is 5.17. The first-order valence-corrected chi connectivity index (χ1v) is 10.8. The zero-order valence-electron chi connectivity index (χ0n) is 18.6. The molecule has 4 rings (SSSR count). The molecule has 1 aliphatic rings. The number of carbonyl (C=O) groups excluding carboxylic acids is 1. The summed E-state index contributed by atoms with van der Waals surface area (Å²) in [6.45, 7) is 4.53. The summed E-state index contributed by atoms with van der Waals surface area (Å²) < 4.78 is 22.6. The molecule has 0 N–H and O–H groups in total. The molecule has 0 atom stereocenters. The molecular formula is C26H27NO5. The minimum absolute atomic E-state index is 0.313. The second kappa shape index (κ2) is 9.73. The summed E-state index contributed by atoms with van der Waals surface area (Å²) in [6, 6.07) is 13.7. The Labute approximate surface area is 187 Å². The van der Waals surface area contributed by atoms with Crippen molar-refractivity contribution in [2.75, 3.05) is 20.3 Å². The number of nitrogens with zero attached hydrogens (tertiary/aromatic N) is 1. The number of benzene rings is 2. The molecular weight excluding hydrogens is 406 g/mol. The van der Waals surface area contributed by atoms with Gasteiger partial charge in [0.2, 0.25) is 5.89 Å². The van der Waals surface area contributed by atoms with Crippen LogP contribution in [0.2, 0.25) is 0 Å². The van der Waals surface area contributed by atoms with E-state index in [1.54, 1.807) is 20.1 Å². The van der Waals surface area contributed by atoms with Crippen molar-refractivity contribution in [1.29, 1.82) is 0 Å². The van der Waals surface area contributed by atoms with E-state index in [0.717, 1.165) is 52.3 Å². The molecule has 166 valence electrons. The molecule has 0 amide bonds. The zero-order valence-corrected chi connectivity index (χ0v) is 18.6. The monoisotopic (exact) mass is 433 g/mol. The second-order valence-corrected chi connectivity index (χ2v) is 7.53. The maximum atomic E-state index is 11.9. The average molecular weight is 434 g/mol. The molecule has 6 heteroatoms. The Bertz CT molecular complexity index is 1130. The number of methoxy groups -OCH3 is 1. The molecule has 1 aromatic heterocycles. The molecule has 0 saturated carbocycles. The summed E-state index contributed by atoms with van der Waals surface area (Å²) in [4.78, 5) is 16.5. The summed E-state index contributed by atoms with van der Waals surface area (Å²) in [5, 5.41) is 0. The number of carbonyl (C=O) groups is 1. The van der Waals surface area contributed by atoms with Crippen molar-refractivity contribution in [3.8, 4) is 23.0 Å². The highest BCUT2D eigenvalue weighted by atomic mass is 16.5. The predicted molar refractivity (Wildman–Crippen MR) is 122 cm³/mol. The molecule has 6 nitrogen and oxygen atoms in total. The van der Waals surface area contributed by atoms with Crippen LogP contribution in [0, 0.1) is 6.92 Å². The Kier molecular flexibility index (Phi) is 6.59. The van der Waals surface area contributed by atoms with E-state index in [4.69, 9.17) is 18.6 Å². The van der Waals surface area contributed by atoms with Gasteiger partial charge in [-0.2, -0.15) is 0 Å². The van der Waals surface area contributed by atoms with Gasteiger partial charge in [-0.05, 0) is 56.0 Å². The van der Waals surface area contributed by atoms with Crippen LogP contribution in [0.4, 0.5) is 0 Å². The van der Waals surface area contributed by atoms with Gasteiger partial charge >= 0.3 is 5.97 Å². The lowest BCUT2D eigenvalue weighted by molar-refractivity contribution is -0.137. The summed E-state index contributed by atoms with van der Waals surface area (Å²) in [6.07, 6.45) is 3.77. The third-order valence-electron chi connectivity index (χ3n) is 5.51. The van der Waals surface area contributed by atoms with Gasteiger partial charge in [-0.1, -0.05) is 24.3 Å². The van der Waals surface area contributed by atoms with Crippen molar-refractivity contribution in [2.45, 2.75) is 33.1 Å². The van der Waals surface area contributed by atoms with E-state index >= 15 is 0 Å². The molecule has 3 aromatic rings. The highest BCUT2D eigenvalue weighted by Gasteiger charge is 2.24. The quantitative estimate of drug-likeness (QED) is 0.360. The normalized spacial score (nSPS) is 13.8. The van der Waals surface area contributed by atoms with E-state index in [9.17, 15) is 4.79 Å². The van der Waals surface area contributed by atoms with Gasteiger partial charge in [0.25, 0.3) is 0 Å². The minimum Gasteiger partial charge on any atom is -0.493 e. The number of aryl methyl sites for hydroxylation is 1. The summed E-state index contributed by atoms with van der Waals surface area (Å²) in [7, 11) is 1.64. The van der Waals surface area contributed by atoms with Crippen LogP contribution in [-0.2, 0) is 22.4 Å². The minimum atomic E-state index is -0.313. The highest BCUT2D eigenvalue weighted by Crippen LogP contribution is 2.43. The first-order valence-electron chi connectivity index (χ1n) is 10.8. The second-order valence-electron chi connectivity index (χ2n) is 7.53. The van der Waals surface area contributed by atoms with Gasteiger partial charge in [0.15, 0.2) is 11.5 Å². The molecule has 0 unspecified atom stereocenters.